The molecular weight excluding hydrogens is 270 g/mol. The first-order valence-electron chi connectivity index (χ1n) is 4.88. The summed E-state index contributed by atoms with van der Waals surface area (Å²) >= 11 is 3.39. The van der Waals surface area contributed by atoms with Gasteiger partial charge in [-0.3, -0.25) is 0 Å². The number of hydrogen-bond acceptors (Lipinski definition) is 2. The second-order valence-electron chi connectivity index (χ2n) is 3.70. The fourth-order valence-corrected chi connectivity index (χ4v) is 2.33. The van der Waals surface area contributed by atoms with Crippen LogP contribution >= 0.6 is 15.9 Å². The first-order chi connectivity index (χ1) is 7.68. The second kappa shape index (κ2) is 3.22. The Morgan fingerprint density at radius 1 is 1.31 bits per heavy atom. The van der Waals surface area contributed by atoms with E-state index in [4.69, 9.17) is 4.42 Å². The molecule has 0 fully saturated rings. The largest absolute Gasteiger partial charge is 0.422 e. The van der Waals surface area contributed by atoms with Gasteiger partial charge in [0.1, 0.15) is 5.58 Å². The number of para-hydroxylation sites is 1. The van der Waals surface area contributed by atoms with E-state index < -0.39 is 0 Å². The first kappa shape index (κ1) is 9.66. The fraction of sp³-hybridized carbons (Fsp3) is 0.0833. The zero-order valence-electron chi connectivity index (χ0n) is 8.50. The normalized spacial score (nSPS) is 11.4. The van der Waals surface area contributed by atoms with Gasteiger partial charge in [0.2, 0.25) is 0 Å². The number of halogens is 1. The molecule has 0 bridgehead atoms. The van der Waals surface area contributed by atoms with Crippen molar-refractivity contribution in [2.24, 2.45) is 0 Å². The van der Waals surface area contributed by atoms with Gasteiger partial charge in [-0.2, -0.15) is 0 Å². The van der Waals surface area contributed by atoms with Crippen LogP contribution in [0.2, 0.25) is 0 Å². The molecule has 0 aliphatic carbocycles. The number of rotatable bonds is 0. The van der Waals surface area contributed by atoms with Crippen LogP contribution in [0.1, 0.15) is 5.56 Å². The van der Waals surface area contributed by atoms with Crippen molar-refractivity contribution < 1.29 is 4.42 Å². The average molecular weight is 278 g/mol. The lowest BCUT2D eigenvalue weighted by molar-refractivity contribution is 0.569. The number of fused-ring (bicyclic) bond motifs is 3. The van der Waals surface area contributed by atoms with Crippen molar-refractivity contribution in [2.75, 3.05) is 0 Å². The third-order valence-electron chi connectivity index (χ3n) is 2.75. The van der Waals surface area contributed by atoms with Crippen LogP contribution in [0.3, 0.4) is 0 Å². The Kier molecular flexibility index (Phi) is 1.94. The molecule has 2 heterocycles. The van der Waals surface area contributed by atoms with E-state index >= 15 is 0 Å². The summed E-state index contributed by atoms with van der Waals surface area (Å²) in [5.41, 5.74) is 2.02. The summed E-state index contributed by atoms with van der Waals surface area (Å²) < 4.78 is 6.10. The SMILES string of the molecule is Cc1c(Br)[nH]c2c1c(=O)oc1ccccc12. The molecule has 1 N–H and O–H groups in total. The molecule has 0 spiro atoms. The molecule has 0 aliphatic rings. The minimum atomic E-state index is -0.298. The van der Waals surface area contributed by atoms with Gasteiger partial charge < -0.3 is 9.40 Å². The summed E-state index contributed by atoms with van der Waals surface area (Å²) in [6.07, 6.45) is 0. The van der Waals surface area contributed by atoms with E-state index in [0.717, 1.165) is 21.1 Å². The second-order valence-corrected chi connectivity index (χ2v) is 4.49. The Balaban J connectivity index is 2.70. The molecule has 0 atom stereocenters. The quantitative estimate of drug-likeness (QED) is 0.641. The monoisotopic (exact) mass is 277 g/mol. The minimum Gasteiger partial charge on any atom is -0.422 e. The van der Waals surface area contributed by atoms with Crippen LogP contribution in [-0.4, -0.2) is 4.98 Å². The summed E-state index contributed by atoms with van der Waals surface area (Å²) in [5, 5.41) is 1.54. The molecular formula is C12H8BrNO2. The zero-order chi connectivity index (χ0) is 11.3. The fourth-order valence-electron chi connectivity index (χ4n) is 1.93. The van der Waals surface area contributed by atoms with E-state index in [1.54, 1.807) is 6.07 Å². The van der Waals surface area contributed by atoms with Gasteiger partial charge in [-0.1, -0.05) is 12.1 Å². The van der Waals surface area contributed by atoms with Gasteiger partial charge in [0, 0.05) is 5.39 Å². The summed E-state index contributed by atoms with van der Waals surface area (Å²) in [7, 11) is 0. The van der Waals surface area contributed by atoms with E-state index in [1.165, 1.54) is 0 Å². The van der Waals surface area contributed by atoms with Gasteiger partial charge in [-0.05, 0) is 40.5 Å². The highest BCUT2D eigenvalue weighted by Crippen LogP contribution is 2.28. The Labute approximate surface area is 99.2 Å². The number of nitrogens with one attached hydrogen (secondary N) is 1. The molecule has 0 unspecified atom stereocenters. The van der Waals surface area contributed by atoms with E-state index in [-0.39, 0.29) is 5.63 Å². The maximum Gasteiger partial charge on any atom is 0.346 e. The standard InChI is InChI=1S/C12H8BrNO2/c1-6-9-10(14-11(6)13)7-4-2-3-5-8(7)16-12(9)15/h2-5,14H,1H3. The number of benzene rings is 1. The smallest absolute Gasteiger partial charge is 0.346 e. The molecule has 3 aromatic rings. The molecule has 0 saturated heterocycles. The lowest BCUT2D eigenvalue weighted by Gasteiger charge is -1.97. The Bertz CT molecular complexity index is 755. The highest BCUT2D eigenvalue weighted by molar-refractivity contribution is 9.10. The molecule has 2 aromatic heterocycles. The van der Waals surface area contributed by atoms with Crippen molar-refractivity contribution in [3.05, 3.63) is 44.9 Å². The third kappa shape index (κ3) is 1.16. The van der Waals surface area contributed by atoms with Crippen molar-refractivity contribution in [2.45, 2.75) is 6.92 Å². The number of aromatic amines is 1. The number of hydrogen-bond donors (Lipinski definition) is 1. The summed E-state index contributed by atoms with van der Waals surface area (Å²) in [6.45, 7) is 1.88. The maximum atomic E-state index is 11.8. The van der Waals surface area contributed by atoms with Gasteiger partial charge in [-0.15, -0.1) is 0 Å². The van der Waals surface area contributed by atoms with Crippen LogP contribution in [0.25, 0.3) is 21.9 Å². The summed E-state index contributed by atoms with van der Waals surface area (Å²) in [6, 6.07) is 7.50. The van der Waals surface area contributed by atoms with Crippen LogP contribution in [0.15, 0.2) is 38.1 Å². The van der Waals surface area contributed by atoms with E-state index in [1.807, 2.05) is 25.1 Å². The predicted molar refractivity (Wildman–Crippen MR) is 66.8 cm³/mol. The third-order valence-corrected chi connectivity index (χ3v) is 3.55. The zero-order valence-corrected chi connectivity index (χ0v) is 10.1. The molecule has 0 radical (unpaired) electrons. The highest BCUT2D eigenvalue weighted by atomic mass is 79.9. The molecule has 1 aromatic carbocycles. The highest BCUT2D eigenvalue weighted by Gasteiger charge is 2.13. The van der Waals surface area contributed by atoms with Gasteiger partial charge in [0.15, 0.2) is 0 Å². The minimum absolute atomic E-state index is 0.298. The van der Waals surface area contributed by atoms with Crippen molar-refractivity contribution >= 4 is 37.8 Å². The van der Waals surface area contributed by atoms with Crippen LogP contribution < -0.4 is 5.63 Å². The van der Waals surface area contributed by atoms with E-state index in [9.17, 15) is 4.79 Å². The van der Waals surface area contributed by atoms with Crippen LogP contribution in [0.4, 0.5) is 0 Å². The van der Waals surface area contributed by atoms with Crippen molar-refractivity contribution in [3.63, 3.8) is 0 Å². The molecule has 0 saturated carbocycles. The van der Waals surface area contributed by atoms with Gasteiger partial charge in [0.25, 0.3) is 0 Å². The molecule has 3 rings (SSSR count). The van der Waals surface area contributed by atoms with Crippen LogP contribution in [-0.2, 0) is 0 Å². The Morgan fingerprint density at radius 3 is 2.88 bits per heavy atom. The van der Waals surface area contributed by atoms with Gasteiger partial charge in [-0.25, -0.2) is 4.79 Å². The number of aryl methyl sites for hydroxylation is 1. The van der Waals surface area contributed by atoms with E-state index in [0.29, 0.717) is 11.0 Å². The molecule has 80 valence electrons. The summed E-state index contributed by atoms with van der Waals surface area (Å²) in [4.78, 5) is 15.0. The number of aromatic nitrogens is 1. The number of H-pyrrole nitrogens is 1. The van der Waals surface area contributed by atoms with Gasteiger partial charge >= 0.3 is 5.63 Å². The van der Waals surface area contributed by atoms with Crippen molar-refractivity contribution in [1.29, 1.82) is 0 Å². The van der Waals surface area contributed by atoms with Crippen molar-refractivity contribution in [1.82, 2.24) is 4.98 Å². The van der Waals surface area contributed by atoms with Crippen molar-refractivity contribution in [3.8, 4) is 0 Å². The molecule has 16 heavy (non-hydrogen) atoms. The Hall–Kier alpha value is -1.55. The van der Waals surface area contributed by atoms with Gasteiger partial charge in [0.05, 0.1) is 15.5 Å². The molecule has 4 heteroatoms. The molecule has 0 amide bonds. The predicted octanol–water partition coefficient (Wildman–Crippen LogP) is 3.35. The lowest BCUT2D eigenvalue weighted by Crippen LogP contribution is -1.99. The Morgan fingerprint density at radius 2 is 2.06 bits per heavy atom. The topological polar surface area (TPSA) is 46.0 Å². The summed E-state index contributed by atoms with van der Waals surface area (Å²) in [5.74, 6) is 0. The first-order valence-corrected chi connectivity index (χ1v) is 5.67. The average Bonchev–Trinajstić information content (AvgIpc) is 2.57. The van der Waals surface area contributed by atoms with E-state index in [2.05, 4.69) is 20.9 Å². The molecule has 3 nitrogen and oxygen atoms in total. The maximum absolute atomic E-state index is 11.8. The molecule has 0 aliphatic heterocycles. The van der Waals surface area contributed by atoms with Crippen LogP contribution in [0, 0.1) is 6.92 Å². The lowest BCUT2D eigenvalue weighted by atomic mass is 10.1. The van der Waals surface area contributed by atoms with Crippen LogP contribution in [0.5, 0.6) is 0 Å².